The van der Waals surface area contributed by atoms with Crippen LogP contribution in [-0.4, -0.2) is 59.4 Å². The zero-order chi connectivity index (χ0) is 16.9. The molecule has 1 saturated heterocycles. The first-order valence-corrected chi connectivity index (χ1v) is 9.47. The Hall–Kier alpha value is -1.40. The van der Waals surface area contributed by atoms with Crippen LogP contribution in [0.3, 0.4) is 0 Å². The van der Waals surface area contributed by atoms with Crippen molar-refractivity contribution in [2.75, 3.05) is 32.7 Å². The summed E-state index contributed by atoms with van der Waals surface area (Å²) in [6.07, 6.45) is 6.94. The van der Waals surface area contributed by atoms with Gasteiger partial charge in [-0.3, -0.25) is 9.48 Å². The van der Waals surface area contributed by atoms with Gasteiger partial charge in [0.15, 0.2) is 5.69 Å². The van der Waals surface area contributed by atoms with Crippen molar-refractivity contribution in [3.63, 3.8) is 0 Å². The Kier molecular flexibility index (Phi) is 5.89. The number of fused-ring (bicyclic) bond motifs is 1. The molecule has 134 valence electrons. The van der Waals surface area contributed by atoms with Crippen molar-refractivity contribution in [3.8, 4) is 0 Å². The molecule has 2 N–H and O–H groups in total. The Balaban J connectivity index is 1.58. The number of nitrogens with one attached hydrogen (secondary N) is 2. The maximum Gasteiger partial charge on any atom is 0.272 e. The molecule has 1 atom stereocenters. The standard InChI is InChI=1S/C18H31N5O/c1-3-19-14-7-8-16-15(13-14)17(21-22(16)2)18(24)20-9-12-23-10-5-4-6-11-23/h14,19H,3-13H2,1-2H3,(H,20,24). The number of rotatable bonds is 6. The van der Waals surface area contributed by atoms with E-state index in [-0.39, 0.29) is 5.91 Å². The Bertz CT molecular complexity index is 562. The highest BCUT2D eigenvalue weighted by Crippen LogP contribution is 2.24. The molecule has 0 spiro atoms. The first kappa shape index (κ1) is 17.4. The summed E-state index contributed by atoms with van der Waals surface area (Å²) < 4.78 is 1.90. The lowest BCUT2D eigenvalue weighted by atomic mass is 9.91. The van der Waals surface area contributed by atoms with Gasteiger partial charge in [-0.25, -0.2) is 0 Å². The number of aromatic nitrogens is 2. The predicted molar refractivity (Wildman–Crippen MR) is 95.3 cm³/mol. The third-order valence-electron chi connectivity index (χ3n) is 5.33. The van der Waals surface area contributed by atoms with Crippen molar-refractivity contribution < 1.29 is 4.79 Å². The minimum absolute atomic E-state index is 0.0130. The summed E-state index contributed by atoms with van der Waals surface area (Å²) in [5.74, 6) is -0.0130. The number of carbonyl (C=O) groups excluding carboxylic acids is 1. The van der Waals surface area contributed by atoms with E-state index in [1.165, 1.54) is 38.0 Å². The molecule has 1 aliphatic heterocycles. The van der Waals surface area contributed by atoms with Crippen LogP contribution in [0.1, 0.15) is 54.4 Å². The van der Waals surface area contributed by atoms with Crippen LogP contribution in [-0.2, 0) is 19.9 Å². The molecule has 6 nitrogen and oxygen atoms in total. The van der Waals surface area contributed by atoms with E-state index < -0.39 is 0 Å². The minimum atomic E-state index is -0.0130. The summed E-state index contributed by atoms with van der Waals surface area (Å²) in [5.41, 5.74) is 3.00. The Morgan fingerprint density at radius 1 is 1.29 bits per heavy atom. The predicted octanol–water partition coefficient (Wildman–Crippen LogP) is 1.10. The van der Waals surface area contributed by atoms with E-state index in [0.29, 0.717) is 18.3 Å². The van der Waals surface area contributed by atoms with E-state index in [1.54, 1.807) is 0 Å². The van der Waals surface area contributed by atoms with Crippen molar-refractivity contribution in [2.24, 2.45) is 7.05 Å². The largest absolute Gasteiger partial charge is 0.349 e. The molecule has 1 amide bonds. The highest BCUT2D eigenvalue weighted by Gasteiger charge is 2.27. The van der Waals surface area contributed by atoms with Gasteiger partial charge in [-0.1, -0.05) is 13.3 Å². The lowest BCUT2D eigenvalue weighted by molar-refractivity contribution is 0.0939. The second-order valence-corrected chi connectivity index (χ2v) is 7.05. The van der Waals surface area contributed by atoms with Crippen LogP contribution in [0.5, 0.6) is 0 Å². The van der Waals surface area contributed by atoms with Crippen LogP contribution in [0.15, 0.2) is 0 Å². The number of aryl methyl sites for hydroxylation is 1. The number of likely N-dealkylation sites (N-methyl/N-ethyl adjacent to an activating group) is 1. The maximum absolute atomic E-state index is 12.6. The molecule has 1 unspecified atom stereocenters. The molecule has 1 aliphatic carbocycles. The Labute approximate surface area is 145 Å². The maximum atomic E-state index is 12.6. The van der Waals surface area contributed by atoms with E-state index in [9.17, 15) is 4.79 Å². The molecule has 1 aromatic rings. The van der Waals surface area contributed by atoms with Gasteiger partial charge in [0.05, 0.1) is 0 Å². The molecule has 6 heteroatoms. The molecule has 2 aliphatic rings. The Morgan fingerprint density at radius 2 is 2.08 bits per heavy atom. The van der Waals surface area contributed by atoms with Crippen LogP contribution < -0.4 is 10.6 Å². The fourth-order valence-corrected chi connectivity index (χ4v) is 4.03. The topological polar surface area (TPSA) is 62.2 Å². The number of piperidine rings is 1. The highest BCUT2D eigenvalue weighted by atomic mass is 16.1. The van der Waals surface area contributed by atoms with E-state index in [1.807, 2.05) is 11.7 Å². The molecule has 0 bridgehead atoms. The van der Waals surface area contributed by atoms with Crippen LogP contribution >= 0.6 is 0 Å². The third-order valence-corrected chi connectivity index (χ3v) is 5.33. The second kappa shape index (κ2) is 8.12. The SMILES string of the molecule is CCNC1CCc2c(c(C(=O)NCCN3CCCCC3)nn2C)C1. The third kappa shape index (κ3) is 3.98. The number of hydrogen-bond acceptors (Lipinski definition) is 4. The van der Waals surface area contributed by atoms with Crippen molar-refractivity contribution in [1.82, 2.24) is 25.3 Å². The summed E-state index contributed by atoms with van der Waals surface area (Å²) in [5, 5.41) is 11.1. The zero-order valence-electron chi connectivity index (χ0n) is 15.1. The summed E-state index contributed by atoms with van der Waals surface area (Å²) in [6, 6.07) is 0.464. The second-order valence-electron chi connectivity index (χ2n) is 7.05. The zero-order valence-corrected chi connectivity index (χ0v) is 15.1. The van der Waals surface area contributed by atoms with E-state index in [0.717, 1.165) is 37.9 Å². The van der Waals surface area contributed by atoms with Gasteiger partial charge in [-0.15, -0.1) is 0 Å². The molecular weight excluding hydrogens is 302 g/mol. The molecule has 0 radical (unpaired) electrons. The molecule has 0 aromatic carbocycles. The van der Waals surface area contributed by atoms with E-state index >= 15 is 0 Å². The molecule has 0 saturated carbocycles. The first-order valence-electron chi connectivity index (χ1n) is 9.47. The molecule has 2 heterocycles. The smallest absolute Gasteiger partial charge is 0.272 e. The lowest BCUT2D eigenvalue weighted by Crippen LogP contribution is -2.38. The quantitative estimate of drug-likeness (QED) is 0.818. The monoisotopic (exact) mass is 333 g/mol. The summed E-state index contributed by atoms with van der Waals surface area (Å²) in [6.45, 7) is 7.09. The van der Waals surface area contributed by atoms with Crippen molar-refractivity contribution in [3.05, 3.63) is 17.0 Å². The molecule has 24 heavy (non-hydrogen) atoms. The van der Waals surface area contributed by atoms with Gasteiger partial charge in [0, 0.05) is 37.4 Å². The van der Waals surface area contributed by atoms with Crippen molar-refractivity contribution in [2.45, 2.75) is 51.5 Å². The van der Waals surface area contributed by atoms with Gasteiger partial charge in [-0.05, 0) is 51.7 Å². The van der Waals surface area contributed by atoms with Crippen LogP contribution in [0, 0.1) is 0 Å². The van der Waals surface area contributed by atoms with Gasteiger partial charge in [-0.2, -0.15) is 5.10 Å². The van der Waals surface area contributed by atoms with Crippen LogP contribution in [0.4, 0.5) is 0 Å². The van der Waals surface area contributed by atoms with E-state index in [4.69, 9.17) is 0 Å². The number of likely N-dealkylation sites (tertiary alicyclic amines) is 1. The molecular formula is C18H31N5O. The number of carbonyl (C=O) groups is 1. The highest BCUT2D eigenvalue weighted by molar-refractivity contribution is 5.94. The van der Waals surface area contributed by atoms with Gasteiger partial charge >= 0.3 is 0 Å². The number of nitrogens with zero attached hydrogens (tertiary/aromatic N) is 3. The molecule has 1 aromatic heterocycles. The van der Waals surface area contributed by atoms with Crippen LogP contribution in [0.2, 0.25) is 0 Å². The van der Waals surface area contributed by atoms with Gasteiger partial charge in [0.25, 0.3) is 5.91 Å². The van der Waals surface area contributed by atoms with Crippen molar-refractivity contribution in [1.29, 1.82) is 0 Å². The lowest BCUT2D eigenvalue weighted by Gasteiger charge is -2.26. The number of hydrogen-bond donors (Lipinski definition) is 2. The van der Waals surface area contributed by atoms with Gasteiger partial charge in [0.2, 0.25) is 0 Å². The summed E-state index contributed by atoms with van der Waals surface area (Å²) in [4.78, 5) is 15.1. The number of amides is 1. The van der Waals surface area contributed by atoms with Crippen LogP contribution in [0.25, 0.3) is 0 Å². The average molecular weight is 333 g/mol. The Morgan fingerprint density at radius 3 is 2.83 bits per heavy atom. The first-order chi connectivity index (χ1) is 11.7. The normalized spacial score (nSPS) is 21.5. The molecule has 1 fully saturated rings. The average Bonchev–Trinajstić information content (AvgIpc) is 2.93. The summed E-state index contributed by atoms with van der Waals surface area (Å²) >= 11 is 0. The van der Waals surface area contributed by atoms with Crippen molar-refractivity contribution >= 4 is 5.91 Å². The van der Waals surface area contributed by atoms with E-state index in [2.05, 4.69) is 27.6 Å². The minimum Gasteiger partial charge on any atom is -0.349 e. The fraction of sp³-hybridized carbons (Fsp3) is 0.778. The fourth-order valence-electron chi connectivity index (χ4n) is 4.03. The van der Waals surface area contributed by atoms with Gasteiger partial charge < -0.3 is 15.5 Å². The van der Waals surface area contributed by atoms with Gasteiger partial charge in [0.1, 0.15) is 0 Å². The molecule has 3 rings (SSSR count). The summed E-state index contributed by atoms with van der Waals surface area (Å²) in [7, 11) is 1.96.